The van der Waals surface area contributed by atoms with Crippen LogP contribution in [0.3, 0.4) is 0 Å². The minimum atomic E-state index is 0. The third-order valence-electron chi connectivity index (χ3n) is 5.28. The molecule has 25 heavy (non-hydrogen) atoms. The number of rotatable bonds is 8. The van der Waals surface area contributed by atoms with Crippen molar-refractivity contribution in [1.29, 1.82) is 0 Å². The first-order valence-corrected chi connectivity index (χ1v) is 9.88. The number of guanidine groups is 1. The minimum absolute atomic E-state index is 0. The summed E-state index contributed by atoms with van der Waals surface area (Å²) in [5.74, 6) is 3.31. The van der Waals surface area contributed by atoms with Gasteiger partial charge in [-0.15, -0.1) is 24.0 Å². The number of nitrogens with one attached hydrogen (secondary N) is 2. The molecule has 1 aliphatic carbocycles. The van der Waals surface area contributed by atoms with Gasteiger partial charge in [-0.3, -0.25) is 4.99 Å². The monoisotopic (exact) mass is 467 g/mol. The van der Waals surface area contributed by atoms with Crippen molar-refractivity contribution in [3.05, 3.63) is 0 Å². The molecule has 1 heterocycles. The highest BCUT2D eigenvalue weighted by Gasteiger charge is 2.18. The molecule has 0 spiro atoms. The van der Waals surface area contributed by atoms with Gasteiger partial charge in [0.1, 0.15) is 0 Å². The summed E-state index contributed by atoms with van der Waals surface area (Å²) in [4.78, 5) is 4.32. The van der Waals surface area contributed by atoms with Gasteiger partial charge >= 0.3 is 0 Å². The quantitative estimate of drug-likeness (QED) is 0.249. The van der Waals surface area contributed by atoms with Gasteiger partial charge in [0.15, 0.2) is 5.96 Å². The van der Waals surface area contributed by atoms with Gasteiger partial charge in [-0.1, -0.05) is 19.8 Å². The molecule has 2 rings (SSSR count). The molecular weight excluding hydrogens is 429 g/mol. The van der Waals surface area contributed by atoms with Crippen LogP contribution in [0.15, 0.2) is 4.99 Å². The standard InChI is InChI=1S/C19H37N3O2.HI/c1-16-5-3-6-18(13-16)14-22-19(20-2)21-9-4-10-24-15-17-7-11-23-12-8-17;/h16-18H,3-15H2,1-2H3,(H2,20,21,22);1H. The number of hydrogen-bond donors (Lipinski definition) is 2. The Bertz CT molecular complexity index is 363. The van der Waals surface area contributed by atoms with Gasteiger partial charge in [0, 0.05) is 46.6 Å². The molecule has 6 heteroatoms. The number of halogens is 1. The molecule has 2 N–H and O–H groups in total. The minimum Gasteiger partial charge on any atom is -0.381 e. The molecule has 1 saturated carbocycles. The molecule has 2 fully saturated rings. The van der Waals surface area contributed by atoms with E-state index >= 15 is 0 Å². The smallest absolute Gasteiger partial charge is 0.190 e. The van der Waals surface area contributed by atoms with E-state index in [-0.39, 0.29) is 24.0 Å². The van der Waals surface area contributed by atoms with Crippen molar-refractivity contribution in [2.45, 2.75) is 51.9 Å². The normalized spacial score (nSPS) is 25.3. The topological polar surface area (TPSA) is 54.9 Å². The predicted octanol–water partition coefficient (Wildman–Crippen LogP) is 3.43. The Kier molecular flexibility index (Phi) is 12.9. The summed E-state index contributed by atoms with van der Waals surface area (Å²) in [7, 11) is 1.85. The molecule has 0 bridgehead atoms. The fourth-order valence-electron chi connectivity index (χ4n) is 3.75. The second-order valence-corrected chi connectivity index (χ2v) is 7.50. The van der Waals surface area contributed by atoms with E-state index in [1.807, 2.05) is 7.05 Å². The molecule has 0 radical (unpaired) electrons. The van der Waals surface area contributed by atoms with Crippen LogP contribution in [0.2, 0.25) is 0 Å². The van der Waals surface area contributed by atoms with Gasteiger partial charge in [0.05, 0.1) is 0 Å². The van der Waals surface area contributed by atoms with E-state index in [9.17, 15) is 0 Å². The lowest BCUT2D eigenvalue weighted by atomic mass is 9.82. The number of hydrogen-bond acceptors (Lipinski definition) is 3. The lowest BCUT2D eigenvalue weighted by Crippen LogP contribution is -2.41. The molecule has 2 atom stereocenters. The first kappa shape index (κ1) is 23.0. The van der Waals surface area contributed by atoms with Crippen LogP contribution in [-0.2, 0) is 9.47 Å². The molecule has 0 aromatic rings. The average molecular weight is 467 g/mol. The van der Waals surface area contributed by atoms with Crippen LogP contribution >= 0.6 is 24.0 Å². The van der Waals surface area contributed by atoms with E-state index in [0.717, 1.165) is 76.6 Å². The first-order valence-electron chi connectivity index (χ1n) is 9.88. The molecule has 0 aromatic carbocycles. The van der Waals surface area contributed by atoms with Crippen molar-refractivity contribution in [2.24, 2.45) is 22.7 Å². The van der Waals surface area contributed by atoms with Crippen molar-refractivity contribution in [3.8, 4) is 0 Å². The maximum absolute atomic E-state index is 5.80. The summed E-state index contributed by atoms with van der Waals surface area (Å²) in [5.41, 5.74) is 0. The van der Waals surface area contributed by atoms with Gasteiger partial charge in [0.25, 0.3) is 0 Å². The first-order chi connectivity index (χ1) is 11.8. The SMILES string of the molecule is CN=C(NCCCOCC1CCOCC1)NCC1CCCC(C)C1.I. The molecule has 5 nitrogen and oxygen atoms in total. The third-order valence-corrected chi connectivity index (χ3v) is 5.28. The van der Waals surface area contributed by atoms with E-state index in [2.05, 4.69) is 22.5 Å². The van der Waals surface area contributed by atoms with Crippen molar-refractivity contribution < 1.29 is 9.47 Å². The molecule has 1 aliphatic heterocycles. The number of aliphatic imine (C=N–C) groups is 1. The van der Waals surface area contributed by atoms with Crippen LogP contribution in [0, 0.1) is 17.8 Å². The van der Waals surface area contributed by atoms with Crippen LogP contribution < -0.4 is 10.6 Å². The van der Waals surface area contributed by atoms with Gasteiger partial charge in [0.2, 0.25) is 0 Å². The highest BCUT2D eigenvalue weighted by Crippen LogP contribution is 2.27. The van der Waals surface area contributed by atoms with Crippen molar-refractivity contribution in [3.63, 3.8) is 0 Å². The Balaban J connectivity index is 0.00000312. The van der Waals surface area contributed by atoms with E-state index < -0.39 is 0 Å². The van der Waals surface area contributed by atoms with Gasteiger partial charge in [-0.05, 0) is 49.9 Å². The van der Waals surface area contributed by atoms with Crippen LogP contribution in [0.25, 0.3) is 0 Å². The second-order valence-electron chi connectivity index (χ2n) is 7.50. The van der Waals surface area contributed by atoms with Gasteiger partial charge < -0.3 is 20.1 Å². The van der Waals surface area contributed by atoms with Crippen molar-refractivity contribution in [2.75, 3.05) is 46.6 Å². The molecule has 148 valence electrons. The van der Waals surface area contributed by atoms with Gasteiger partial charge in [-0.25, -0.2) is 0 Å². The van der Waals surface area contributed by atoms with Crippen molar-refractivity contribution >= 4 is 29.9 Å². The summed E-state index contributed by atoms with van der Waals surface area (Å²) >= 11 is 0. The zero-order chi connectivity index (χ0) is 17.0. The Labute approximate surface area is 171 Å². The lowest BCUT2D eigenvalue weighted by Gasteiger charge is -2.27. The van der Waals surface area contributed by atoms with Crippen LogP contribution in [0.4, 0.5) is 0 Å². The van der Waals surface area contributed by atoms with E-state index in [0.29, 0.717) is 5.92 Å². The Morgan fingerprint density at radius 1 is 1.12 bits per heavy atom. The number of nitrogens with zero attached hydrogens (tertiary/aromatic N) is 1. The highest BCUT2D eigenvalue weighted by molar-refractivity contribution is 14.0. The highest BCUT2D eigenvalue weighted by atomic mass is 127. The predicted molar refractivity (Wildman–Crippen MR) is 115 cm³/mol. The fraction of sp³-hybridized carbons (Fsp3) is 0.947. The summed E-state index contributed by atoms with van der Waals surface area (Å²) in [6.07, 6.45) is 8.80. The van der Waals surface area contributed by atoms with Gasteiger partial charge in [-0.2, -0.15) is 0 Å². The largest absolute Gasteiger partial charge is 0.381 e. The van der Waals surface area contributed by atoms with Crippen molar-refractivity contribution in [1.82, 2.24) is 10.6 Å². The van der Waals surface area contributed by atoms with E-state index in [1.165, 1.54) is 25.7 Å². The molecule has 1 saturated heterocycles. The summed E-state index contributed by atoms with van der Waals surface area (Å²) in [5, 5.41) is 6.88. The summed E-state index contributed by atoms with van der Waals surface area (Å²) < 4.78 is 11.2. The van der Waals surface area contributed by atoms with E-state index in [4.69, 9.17) is 9.47 Å². The second kappa shape index (κ2) is 14.0. The van der Waals surface area contributed by atoms with Crippen LogP contribution in [-0.4, -0.2) is 52.5 Å². The summed E-state index contributed by atoms with van der Waals surface area (Å²) in [6.45, 7) is 7.84. The average Bonchev–Trinajstić information content (AvgIpc) is 2.61. The number of ether oxygens (including phenoxy) is 2. The summed E-state index contributed by atoms with van der Waals surface area (Å²) in [6, 6.07) is 0. The van der Waals surface area contributed by atoms with Crippen LogP contribution in [0.5, 0.6) is 0 Å². The van der Waals surface area contributed by atoms with Crippen LogP contribution in [0.1, 0.15) is 51.9 Å². The molecule has 2 aliphatic rings. The zero-order valence-corrected chi connectivity index (χ0v) is 18.4. The Morgan fingerprint density at radius 3 is 2.64 bits per heavy atom. The maximum atomic E-state index is 5.80. The Morgan fingerprint density at radius 2 is 1.92 bits per heavy atom. The molecular formula is C19H38IN3O2. The zero-order valence-electron chi connectivity index (χ0n) is 16.1. The molecule has 2 unspecified atom stereocenters. The fourth-order valence-corrected chi connectivity index (χ4v) is 3.75. The third kappa shape index (κ3) is 9.99. The molecule has 0 aromatic heterocycles. The molecule has 0 amide bonds. The van der Waals surface area contributed by atoms with E-state index in [1.54, 1.807) is 0 Å². The lowest BCUT2D eigenvalue weighted by molar-refractivity contribution is 0.0203. The maximum Gasteiger partial charge on any atom is 0.190 e. The Hall–Kier alpha value is -0.0800.